The van der Waals surface area contributed by atoms with Crippen molar-refractivity contribution in [3.63, 3.8) is 0 Å². The van der Waals surface area contributed by atoms with Gasteiger partial charge in [-0.15, -0.1) is 0 Å². The van der Waals surface area contributed by atoms with Gasteiger partial charge in [-0.2, -0.15) is 0 Å². The minimum absolute atomic E-state index is 0.0333. The molecule has 0 bridgehead atoms. The first kappa shape index (κ1) is 16.3. The number of aliphatic hydroxyl groups excluding tert-OH is 1. The second-order valence-electron chi connectivity index (χ2n) is 7.14. The molecule has 2 fully saturated rings. The van der Waals surface area contributed by atoms with Gasteiger partial charge in [0.25, 0.3) is 0 Å². The quantitative estimate of drug-likeness (QED) is 0.934. The highest BCUT2D eigenvalue weighted by molar-refractivity contribution is 5.83. The molecular weight excluding hydrogens is 314 g/mol. The first-order valence-corrected chi connectivity index (χ1v) is 9.29. The van der Waals surface area contributed by atoms with Gasteiger partial charge in [-0.25, -0.2) is 4.98 Å². The number of pyridine rings is 1. The zero-order chi connectivity index (χ0) is 17.2. The van der Waals surface area contributed by atoms with E-state index in [9.17, 15) is 9.90 Å². The number of hydrogen-bond donors (Lipinski definition) is 1. The third-order valence-electron chi connectivity index (χ3n) is 5.44. The van der Waals surface area contributed by atoms with Crippen LogP contribution >= 0.6 is 0 Å². The average Bonchev–Trinajstić information content (AvgIpc) is 3.21. The lowest BCUT2D eigenvalue weighted by Gasteiger charge is -2.35. The molecule has 0 radical (unpaired) electrons. The normalized spacial score (nSPS) is 21.1. The van der Waals surface area contributed by atoms with Crippen molar-refractivity contribution in [1.29, 1.82) is 0 Å². The van der Waals surface area contributed by atoms with Gasteiger partial charge in [0.05, 0.1) is 18.0 Å². The topological polar surface area (TPSA) is 56.7 Å². The molecular formula is C20H25N3O2. The third kappa shape index (κ3) is 3.21. The number of carbonyl (C=O) groups excluding carboxylic acids is 1. The molecule has 25 heavy (non-hydrogen) atoms. The molecule has 5 nitrogen and oxygen atoms in total. The van der Waals surface area contributed by atoms with Crippen LogP contribution in [0.4, 0.5) is 5.82 Å². The first-order chi connectivity index (χ1) is 12.3. The number of para-hydroxylation sites is 1. The van der Waals surface area contributed by atoms with Crippen LogP contribution in [0.25, 0.3) is 10.9 Å². The number of likely N-dealkylation sites (tertiary alicyclic amines) is 1. The fourth-order valence-corrected chi connectivity index (χ4v) is 4.11. The molecule has 2 aliphatic rings. The summed E-state index contributed by atoms with van der Waals surface area (Å²) < 4.78 is 0. The van der Waals surface area contributed by atoms with Gasteiger partial charge < -0.3 is 14.9 Å². The van der Waals surface area contributed by atoms with Gasteiger partial charge >= 0.3 is 0 Å². The van der Waals surface area contributed by atoms with Crippen molar-refractivity contribution in [2.45, 2.75) is 32.3 Å². The largest absolute Gasteiger partial charge is 0.392 e. The van der Waals surface area contributed by atoms with Crippen molar-refractivity contribution in [2.24, 2.45) is 5.92 Å². The Hall–Kier alpha value is -2.14. The monoisotopic (exact) mass is 339 g/mol. The Morgan fingerprint density at radius 2 is 1.96 bits per heavy atom. The Labute approximate surface area is 148 Å². The molecule has 1 amide bonds. The Balaban J connectivity index is 1.60. The molecule has 132 valence electrons. The van der Waals surface area contributed by atoms with Gasteiger partial charge in [0.1, 0.15) is 5.82 Å². The second-order valence-corrected chi connectivity index (χ2v) is 7.14. The predicted octanol–water partition coefficient (Wildman–Crippen LogP) is 2.57. The minimum Gasteiger partial charge on any atom is -0.392 e. The van der Waals surface area contributed by atoms with Gasteiger partial charge in [-0.05, 0) is 37.8 Å². The fraction of sp³-hybridized carbons (Fsp3) is 0.500. The lowest BCUT2D eigenvalue weighted by molar-refractivity contribution is -0.134. The number of aromatic nitrogens is 1. The summed E-state index contributed by atoms with van der Waals surface area (Å²) in [7, 11) is 0. The minimum atomic E-state index is -0.0333. The van der Waals surface area contributed by atoms with Crippen LogP contribution < -0.4 is 4.90 Å². The Morgan fingerprint density at radius 1 is 1.16 bits per heavy atom. The number of rotatable bonds is 3. The lowest BCUT2D eigenvalue weighted by atomic mass is 9.96. The molecule has 3 heterocycles. The highest BCUT2D eigenvalue weighted by atomic mass is 16.3. The van der Waals surface area contributed by atoms with Crippen molar-refractivity contribution >= 4 is 22.6 Å². The molecule has 1 N–H and O–H groups in total. The Bertz CT molecular complexity index is 771. The molecule has 0 aliphatic carbocycles. The summed E-state index contributed by atoms with van der Waals surface area (Å²) >= 11 is 0. The first-order valence-electron chi connectivity index (χ1n) is 9.29. The highest BCUT2D eigenvalue weighted by Gasteiger charge is 2.31. The summed E-state index contributed by atoms with van der Waals surface area (Å²) in [6.07, 6.45) is 4.20. The van der Waals surface area contributed by atoms with E-state index in [1.54, 1.807) is 0 Å². The summed E-state index contributed by atoms with van der Waals surface area (Å²) in [5.41, 5.74) is 1.77. The van der Waals surface area contributed by atoms with Crippen LogP contribution in [0.1, 0.15) is 31.2 Å². The molecule has 1 atom stereocenters. The predicted molar refractivity (Wildman–Crippen MR) is 98.4 cm³/mol. The van der Waals surface area contributed by atoms with Gasteiger partial charge in [0, 0.05) is 37.1 Å². The number of amides is 1. The number of benzene rings is 1. The van der Waals surface area contributed by atoms with Crippen molar-refractivity contribution < 1.29 is 9.90 Å². The second kappa shape index (κ2) is 7.00. The summed E-state index contributed by atoms with van der Waals surface area (Å²) in [6.45, 7) is 3.38. The van der Waals surface area contributed by atoms with Crippen molar-refractivity contribution in [1.82, 2.24) is 9.88 Å². The molecule has 0 spiro atoms. The van der Waals surface area contributed by atoms with E-state index < -0.39 is 0 Å². The lowest BCUT2D eigenvalue weighted by Crippen LogP contribution is -2.44. The van der Waals surface area contributed by atoms with E-state index in [1.165, 1.54) is 0 Å². The Morgan fingerprint density at radius 3 is 2.76 bits per heavy atom. The Kier molecular flexibility index (Phi) is 4.57. The molecule has 2 saturated heterocycles. The summed E-state index contributed by atoms with van der Waals surface area (Å²) in [5, 5.41) is 10.9. The van der Waals surface area contributed by atoms with Gasteiger partial charge in [0.15, 0.2) is 0 Å². The average molecular weight is 339 g/mol. The number of aliphatic hydroxyl groups is 1. The number of hydrogen-bond acceptors (Lipinski definition) is 4. The van der Waals surface area contributed by atoms with Crippen LogP contribution in [0.15, 0.2) is 30.3 Å². The van der Waals surface area contributed by atoms with E-state index in [1.807, 2.05) is 35.2 Å². The zero-order valence-corrected chi connectivity index (χ0v) is 14.5. The number of piperidine rings is 1. The summed E-state index contributed by atoms with van der Waals surface area (Å²) in [6, 6.07) is 9.99. The molecule has 0 unspecified atom stereocenters. The summed E-state index contributed by atoms with van der Waals surface area (Å²) in [4.78, 5) is 21.8. The van der Waals surface area contributed by atoms with E-state index >= 15 is 0 Å². The maximum Gasteiger partial charge on any atom is 0.227 e. The molecule has 2 aliphatic heterocycles. The van der Waals surface area contributed by atoms with Gasteiger partial charge in [-0.3, -0.25) is 4.79 Å². The molecule has 2 aromatic rings. The van der Waals surface area contributed by atoms with E-state index in [2.05, 4.69) is 4.90 Å². The maximum atomic E-state index is 12.8. The number of nitrogens with zero attached hydrogens (tertiary/aromatic N) is 3. The highest BCUT2D eigenvalue weighted by Crippen LogP contribution is 2.29. The van der Waals surface area contributed by atoms with E-state index in [0.29, 0.717) is 12.5 Å². The molecule has 5 heteroatoms. The third-order valence-corrected chi connectivity index (χ3v) is 5.44. The van der Waals surface area contributed by atoms with Crippen LogP contribution in [0, 0.1) is 5.92 Å². The van der Waals surface area contributed by atoms with Crippen molar-refractivity contribution in [3.05, 3.63) is 35.9 Å². The van der Waals surface area contributed by atoms with Gasteiger partial charge in [-0.1, -0.05) is 18.2 Å². The van der Waals surface area contributed by atoms with Gasteiger partial charge in [0.2, 0.25) is 5.91 Å². The molecule has 1 aromatic heterocycles. The van der Waals surface area contributed by atoms with Crippen LogP contribution in [-0.2, 0) is 11.4 Å². The molecule has 4 rings (SSSR count). The van der Waals surface area contributed by atoms with Crippen LogP contribution in [-0.4, -0.2) is 47.1 Å². The van der Waals surface area contributed by atoms with Crippen LogP contribution in [0.5, 0.6) is 0 Å². The number of fused-ring (bicyclic) bond motifs is 1. The van der Waals surface area contributed by atoms with Crippen molar-refractivity contribution in [2.75, 3.05) is 31.1 Å². The van der Waals surface area contributed by atoms with E-state index in [4.69, 9.17) is 4.98 Å². The summed E-state index contributed by atoms with van der Waals surface area (Å²) in [5.74, 6) is 1.18. The van der Waals surface area contributed by atoms with E-state index in [0.717, 1.165) is 67.6 Å². The number of carbonyl (C=O) groups is 1. The smallest absolute Gasteiger partial charge is 0.227 e. The molecule has 0 saturated carbocycles. The zero-order valence-electron chi connectivity index (χ0n) is 14.5. The fourth-order valence-electron chi connectivity index (χ4n) is 4.11. The standard InChI is InChI=1S/C20H25N3O2/c24-14-17-12-15-6-1-2-8-18(15)21-19(17)23-11-5-7-16(13-23)20(25)22-9-3-4-10-22/h1-2,6,8,12,16,24H,3-5,7,9-11,13-14H2/t16-/m0/s1. The molecule has 1 aromatic carbocycles. The van der Waals surface area contributed by atoms with E-state index in [-0.39, 0.29) is 12.5 Å². The maximum absolute atomic E-state index is 12.8. The number of anilines is 1. The van der Waals surface area contributed by atoms with Crippen molar-refractivity contribution in [3.8, 4) is 0 Å². The van der Waals surface area contributed by atoms with Crippen LogP contribution in [0.3, 0.4) is 0 Å². The van der Waals surface area contributed by atoms with Crippen LogP contribution in [0.2, 0.25) is 0 Å². The SMILES string of the molecule is O=C([C@H]1CCCN(c2nc3ccccc3cc2CO)C1)N1CCCC1.